The van der Waals surface area contributed by atoms with E-state index in [1.807, 2.05) is 19.0 Å². The smallest absolute Gasteiger partial charge is 0.225 e. The molecule has 0 atom stereocenters. The highest BCUT2D eigenvalue weighted by Gasteiger charge is 2.34. The average molecular weight is 296 g/mol. The van der Waals surface area contributed by atoms with Crippen molar-refractivity contribution in [2.75, 3.05) is 26.0 Å². The molecule has 1 aliphatic rings. The molecule has 1 aliphatic heterocycles. The number of benzene rings is 1. The first-order valence-electron chi connectivity index (χ1n) is 7.68. The lowest BCUT2D eigenvalue weighted by Crippen LogP contribution is -2.37. The molecule has 4 nitrogen and oxygen atoms in total. The van der Waals surface area contributed by atoms with Gasteiger partial charge < -0.3 is 4.90 Å². The molecule has 2 aromatic rings. The van der Waals surface area contributed by atoms with Gasteiger partial charge in [-0.25, -0.2) is 9.97 Å². The zero-order valence-electron chi connectivity index (χ0n) is 14.3. The monoisotopic (exact) mass is 296 g/mol. The lowest BCUT2D eigenvalue weighted by atomic mass is 9.88. The standard InChI is InChI=1S/C18H24N4/c1-12-14-11-22(6)18(2,3)15-10-8-7-9-13(15)16(14)20-17(19-12)21(4)5/h7-10H,11H2,1-6H3. The van der Waals surface area contributed by atoms with Gasteiger partial charge in [0.25, 0.3) is 0 Å². The number of fused-ring (bicyclic) bond motifs is 3. The van der Waals surface area contributed by atoms with Crippen LogP contribution < -0.4 is 4.90 Å². The van der Waals surface area contributed by atoms with Crippen molar-refractivity contribution in [2.24, 2.45) is 0 Å². The summed E-state index contributed by atoms with van der Waals surface area (Å²) in [5.41, 5.74) is 5.87. The van der Waals surface area contributed by atoms with Crippen molar-refractivity contribution in [1.29, 1.82) is 0 Å². The van der Waals surface area contributed by atoms with E-state index in [4.69, 9.17) is 4.98 Å². The first-order valence-corrected chi connectivity index (χ1v) is 7.68. The van der Waals surface area contributed by atoms with Crippen molar-refractivity contribution in [2.45, 2.75) is 32.9 Å². The molecule has 1 aromatic heterocycles. The number of hydrogen-bond donors (Lipinski definition) is 0. The van der Waals surface area contributed by atoms with Crippen LogP contribution in [0.15, 0.2) is 24.3 Å². The summed E-state index contributed by atoms with van der Waals surface area (Å²) in [4.78, 5) is 13.9. The number of hydrogen-bond acceptors (Lipinski definition) is 4. The molecule has 0 aliphatic carbocycles. The summed E-state index contributed by atoms with van der Waals surface area (Å²) in [6.45, 7) is 7.49. The van der Waals surface area contributed by atoms with Gasteiger partial charge in [0.05, 0.1) is 5.69 Å². The van der Waals surface area contributed by atoms with E-state index in [-0.39, 0.29) is 5.54 Å². The van der Waals surface area contributed by atoms with Crippen LogP contribution in [0.4, 0.5) is 5.95 Å². The Labute approximate surface area is 132 Å². The fourth-order valence-corrected chi connectivity index (χ4v) is 3.06. The number of aromatic nitrogens is 2. The Balaban J connectivity index is 2.35. The molecule has 0 N–H and O–H groups in total. The maximum atomic E-state index is 4.86. The fraction of sp³-hybridized carbons (Fsp3) is 0.444. The molecule has 22 heavy (non-hydrogen) atoms. The number of rotatable bonds is 1. The summed E-state index contributed by atoms with van der Waals surface area (Å²) in [5, 5.41) is 0. The molecule has 0 bridgehead atoms. The van der Waals surface area contributed by atoms with Crippen LogP contribution in [-0.2, 0) is 12.1 Å². The second kappa shape index (κ2) is 5.06. The van der Waals surface area contributed by atoms with Crippen molar-refractivity contribution in [3.8, 4) is 11.3 Å². The van der Waals surface area contributed by atoms with Crippen molar-refractivity contribution < 1.29 is 0 Å². The van der Waals surface area contributed by atoms with Crippen LogP contribution in [0.2, 0.25) is 0 Å². The van der Waals surface area contributed by atoms with E-state index in [2.05, 4.69) is 62.0 Å². The molecular formula is C18H24N4. The third kappa shape index (κ3) is 2.18. The summed E-state index contributed by atoms with van der Waals surface area (Å²) in [5.74, 6) is 0.772. The van der Waals surface area contributed by atoms with Crippen LogP contribution in [0.1, 0.15) is 30.7 Å². The predicted molar refractivity (Wildman–Crippen MR) is 91.0 cm³/mol. The first kappa shape index (κ1) is 15.0. The summed E-state index contributed by atoms with van der Waals surface area (Å²) < 4.78 is 0. The predicted octanol–water partition coefficient (Wildman–Crippen LogP) is 3.20. The van der Waals surface area contributed by atoms with Crippen LogP contribution >= 0.6 is 0 Å². The second-order valence-electron chi connectivity index (χ2n) is 6.79. The van der Waals surface area contributed by atoms with Crippen molar-refractivity contribution in [1.82, 2.24) is 14.9 Å². The summed E-state index contributed by atoms with van der Waals surface area (Å²) in [6, 6.07) is 8.60. The van der Waals surface area contributed by atoms with E-state index in [1.54, 1.807) is 0 Å². The summed E-state index contributed by atoms with van der Waals surface area (Å²) in [6.07, 6.45) is 0. The van der Waals surface area contributed by atoms with Gasteiger partial charge in [-0.1, -0.05) is 24.3 Å². The molecule has 116 valence electrons. The Hall–Kier alpha value is -1.94. The molecule has 0 saturated carbocycles. The van der Waals surface area contributed by atoms with Gasteiger partial charge in [-0.3, -0.25) is 4.90 Å². The molecule has 0 radical (unpaired) electrons. The van der Waals surface area contributed by atoms with Crippen LogP contribution in [0.3, 0.4) is 0 Å². The Bertz CT molecular complexity index is 719. The largest absolute Gasteiger partial charge is 0.347 e. The Morgan fingerprint density at radius 1 is 1.14 bits per heavy atom. The van der Waals surface area contributed by atoms with Crippen LogP contribution in [-0.4, -0.2) is 36.0 Å². The second-order valence-corrected chi connectivity index (χ2v) is 6.79. The molecule has 0 spiro atoms. The quantitative estimate of drug-likeness (QED) is 0.809. The van der Waals surface area contributed by atoms with Crippen LogP contribution in [0, 0.1) is 6.92 Å². The molecule has 1 aromatic carbocycles. The van der Waals surface area contributed by atoms with Gasteiger partial charge in [0.1, 0.15) is 0 Å². The van der Waals surface area contributed by atoms with Crippen molar-refractivity contribution in [3.63, 3.8) is 0 Å². The lowest BCUT2D eigenvalue weighted by molar-refractivity contribution is 0.150. The third-order valence-electron chi connectivity index (χ3n) is 4.79. The van der Waals surface area contributed by atoms with Gasteiger partial charge in [0, 0.05) is 43.0 Å². The highest BCUT2D eigenvalue weighted by Crippen LogP contribution is 2.40. The van der Waals surface area contributed by atoms with E-state index < -0.39 is 0 Å². The van der Waals surface area contributed by atoms with E-state index >= 15 is 0 Å². The van der Waals surface area contributed by atoms with E-state index in [0.29, 0.717) is 0 Å². The number of anilines is 1. The van der Waals surface area contributed by atoms with Gasteiger partial charge in [-0.05, 0) is 33.4 Å². The molecule has 4 heteroatoms. The summed E-state index contributed by atoms with van der Waals surface area (Å²) in [7, 11) is 6.14. The Kier molecular flexibility index (Phi) is 3.44. The molecule has 0 amide bonds. The van der Waals surface area contributed by atoms with Gasteiger partial charge in [-0.15, -0.1) is 0 Å². The minimum Gasteiger partial charge on any atom is -0.347 e. The molecule has 0 saturated heterocycles. The average Bonchev–Trinajstić information content (AvgIpc) is 2.55. The van der Waals surface area contributed by atoms with Gasteiger partial charge in [-0.2, -0.15) is 0 Å². The topological polar surface area (TPSA) is 32.3 Å². The molecule has 2 heterocycles. The van der Waals surface area contributed by atoms with E-state index in [1.165, 1.54) is 16.7 Å². The highest BCUT2D eigenvalue weighted by molar-refractivity contribution is 5.71. The van der Waals surface area contributed by atoms with Gasteiger partial charge in [0.2, 0.25) is 5.95 Å². The minimum atomic E-state index is -0.0397. The van der Waals surface area contributed by atoms with Crippen LogP contribution in [0.25, 0.3) is 11.3 Å². The van der Waals surface area contributed by atoms with Crippen molar-refractivity contribution in [3.05, 3.63) is 41.1 Å². The Morgan fingerprint density at radius 2 is 1.82 bits per heavy atom. The Morgan fingerprint density at radius 3 is 2.50 bits per heavy atom. The fourth-order valence-electron chi connectivity index (χ4n) is 3.06. The van der Waals surface area contributed by atoms with Gasteiger partial charge >= 0.3 is 0 Å². The molecule has 0 unspecified atom stereocenters. The molecule has 3 rings (SSSR count). The van der Waals surface area contributed by atoms with Crippen molar-refractivity contribution >= 4 is 5.95 Å². The SMILES string of the molecule is Cc1nc(N(C)C)nc2c1CN(C)C(C)(C)c1ccccc1-2. The van der Waals surface area contributed by atoms with Crippen LogP contribution in [0.5, 0.6) is 0 Å². The summed E-state index contributed by atoms with van der Waals surface area (Å²) >= 11 is 0. The number of nitrogens with zero attached hydrogens (tertiary/aromatic N) is 4. The maximum absolute atomic E-state index is 4.86. The zero-order chi connectivity index (χ0) is 16.1. The minimum absolute atomic E-state index is 0.0397. The van der Waals surface area contributed by atoms with Gasteiger partial charge in [0.15, 0.2) is 0 Å². The zero-order valence-corrected chi connectivity index (χ0v) is 14.3. The molecule has 0 fully saturated rings. The normalized spacial score (nSPS) is 16.6. The first-order chi connectivity index (χ1) is 10.3. The third-order valence-corrected chi connectivity index (χ3v) is 4.79. The molecular weight excluding hydrogens is 272 g/mol. The highest BCUT2D eigenvalue weighted by atomic mass is 15.2. The van der Waals surface area contributed by atoms with E-state index in [9.17, 15) is 0 Å². The lowest BCUT2D eigenvalue weighted by Gasteiger charge is -2.35. The maximum Gasteiger partial charge on any atom is 0.225 e. The van der Waals surface area contributed by atoms with E-state index in [0.717, 1.165) is 23.9 Å². The number of aryl methyl sites for hydroxylation is 1.